The Morgan fingerprint density at radius 3 is 2.81 bits per heavy atom. The van der Waals surface area contributed by atoms with Crippen LogP contribution in [0, 0.1) is 0 Å². The Balaban J connectivity index is 2.10. The second-order valence-electron chi connectivity index (χ2n) is 4.50. The van der Waals surface area contributed by atoms with E-state index in [1.807, 2.05) is 12.1 Å². The molecule has 0 aliphatic rings. The van der Waals surface area contributed by atoms with E-state index in [2.05, 4.69) is 20.3 Å². The first-order chi connectivity index (χ1) is 10.2. The van der Waals surface area contributed by atoms with Crippen molar-refractivity contribution in [2.24, 2.45) is 7.05 Å². The van der Waals surface area contributed by atoms with Crippen molar-refractivity contribution < 1.29 is 9.90 Å². The van der Waals surface area contributed by atoms with Crippen molar-refractivity contribution in [3.05, 3.63) is 48.3 Å². The van der Waals surface area contributed by atoms with Crippen LogP contribution in [0.15, 0.2) is 37.1 Å². The Morgan fingerprint density at radius 1 is 1.33 bits per heavy atom. The van der Waals surface area contributed by atoms with Gasteiger partial charge in [0.1, 0.15) is 5.69 Å². The largest absolute Gasteiger partial charge is 0.476 e. The topological polar surface area (TPSA) is 98.7 Å². The van der Waals surface area contributed by atoms with E-state index in [4.69, 9.17) is 0 Å². The number of pyridine rings is 1. The minimum atomic E-state index is -1.12. The molecule has 21 heavy (non-hydrogen) atoms. The Kier molecular flexibility index (Phi) is 3.19. The average molecular weight is 284 g/mol. The lowest BCUT2D eigenvalue weighted by Crippen LogP contribution is -2.08. The molecule has 3 heterocycles. The van der Waals surface area contributed by atoms with Gasteiger partial charge in [-0.15, -0.1) is 5.10 Å². The Hall–Kier alpha value is -3.03. The second-order valence-corrected chi connectivity index (χ2v) is 4.50. The van der Waals surface area contributed by atoms with Gasteiger partial charge in [0.15, 0.2) is 5.69 Å². The van der Waals surface area contributed by atoms with Crippen molar-refractivity contribution in [1.29, 1.82) is 0 Å². The van der Waals surface area contributed by atoms with Gasteiger partial charge in [0.25, 0.3) is 0 Å². The highest BCUT2D eigenvalue weighted by atomic mass is 16.4. The number of aryl methyl sites for hydroxylation is 1. The van der Waals surface area contributed by atoms with Gasteiger partial charge >= 0.3 is 5.97 Å². The zero-order valence-electron chi connectivity index (χ0n) is 11.2. The third-order valence-corrected chi connectivity index (χ3v) is 3.05. The second kappa shape index (κ2) is 5.16. The number of hydrogen-bond donors (Lipinski definition) is 1. The fourth-order valence-electron chi connectivity index (χ4n) is 2.07. The average Bonchev–Trinajstić information content (AvgIpc) is 3.06. The number of carboxylic acids is 1. The van der Waals surface area contributed by atoms with Gasteiger partial charge < -0.3 is 9.67 Å². The standard InChI is InChI=1S/C13H12N6O2/c1-18-8-15-6-10(18)12-11(13(20)21)16-17-19(12)7-9-3-2-4-14-5-9/h2-6,8H,7H2,1H3,(H,20,21). The van der Waals surface area contributed by atoms with Crippen LogP contribution in [-0.2, 0) is 13.6 Å². The molecule has 0 radical (unpaired) electrons. The molecule has 0 saturated carbocycles. The number of nitrogens with zero attached hydrogens (tertiary/aromatic N) is 6. The van der Waals surface area contributed by atoms with Gasteiger partial charge in [-0.25, -0.2) is 14.5 Å². The van der Waals surface area contributed by atoms with Gasteiger partial charge in [0, 0.05) is 19.4 Å². The number of carbonyl (C=O) groups is 1. The van der Waals surface area contributed by atoms with Crippen molar-refractivity contribution in [1.82, 2.24) is 29.5 Å². The number of aromatic nitrogens is 6. The molecule has 0 fully saturated rings. The van der Waals surface area contributed by atoms with E-state index in [9.17, 15) is 9.90 Å². The number of aromatic carboxylic acids is 1. The first kappa shape index (κ1) is 13.0. The summed E-state index contributed by atoms with van der Waals surface area (Å²) in [5.74, 6) is -1.12. The molecule has 0 saturated heterocycles. The fourth-order valence-corrected chi connectivity index (χ4v) is 2.07. The summed E-state index contributed by atoms with van der Waals surface area (Å²) in [5.41, 5.74) is 1.87. The van der Waals surface area contributed by atoms with Crippen LogP contribution in [0.3, 0.4) is 0 Å². The molecule has 3 aromatic heterocycles. The zero-order valence-corrected chi connectivity index (χ0v) is 11.2. The molecule has 3 rings (SSSR count). The van der Waals surface area contributed by atoms with Crippen LogP contribution < -0.4 is 0 Å². The predicted molar refractivity (Wildman–Crippen MR) is 72.5 cm³/mol. The minimum Gasteiger partial charge on any atom is -0.476 e. The SMILES string of the molecule is Cn1cncc1-c1c(C(=O)O)nnn1Cc1cccnc1. The summed E-state index contributed by atoms with van der Waals surface area (Å²) in [4.78, 5) is 19.4. The summed E-state index contributed by atoms with van der Waals surface area (Å²) in [5, 5.41) is 17.0. The molecule has 0 atom stereocenters. The zero-order chi connectivity index (χ0) is 14.8. The molecule has 1 N–H and O–H groups in total. The van der Waals surface area contributed by atoms with E-state index in [1.54, 1.807) is 36.5 Å². The smallest absolute Gasteiger partial charge is 0.358 e. The highest BCUT2D eigenvalue weighted by Crippen LogP contribution is 2.22. The molecular formula is C13H12N6O2. The molecule has 3 aromatic rings. The third-order valence-electron chi connectivity index (χ3n) is 3.05. The molecule has 0 bridgehead atoms. The lowest BCUT2D eigenvalue weighted by atomic mass is 10.2. The molecule has 106 valence electrons. The van der Waals surface area contributed by atoms with E-state index in [-0.39, 0.29) is 5.69 Å². The van der Waals surface area contributed by atoms with Gasteiger partial charge in [0.05, 0.1) is 24.8 Å². The number of imidazole rings is 1. The van der Waals surface area contributed by atoms with Crippen LogP contribution >= 0.6 is 0 Å². The molecule has 8 nitrogen and oxygen atoms in total. The van der Waals surface area contributed by atoms with Crippen molar-refractivity contribution >= 4 is 5.97 Å². The van der Waals surface area contributed by atoms with Crippen LogP contribution in [0.25, 0.3) is 11.4 Å². The lowest BCUT2D eigenvalue weighted by molar-refractivity contribution is 0.0691. The molecule has 0 aliphatic heterocycles. The molecule has 0 amide bonds. The maximum absolute atomic E-state index is 11.3. The molecule has 0 aromatic carbocycles. The third kappa shape index (κ3) is 2.38. The minimum absolute atomic E-state index is 0.0949. The van der Waals surface area contributed by atoms with E-state index in [0.29, 0.717) is 17.9 Å². The molecule has 0 unspecified atom stereocenters. The Morgan fingerprint density at radius 2 is 2.19 bits per heavy atom. The van der Waals surface area contributed by atoms with Gasteiger partial charge in [0.2, 0.25) is 0 Å². The Labute approximate surface area is 119 Å². The molecule has 8 heteroatoms. The highest BCUT2D eigenvalue weighted by Gasteiger charge is 2.22. The van der Waals surface area contributed by atoms with E-state index < -0.39 is 5.97 Å². The highest BCUT2D eigenvalue weighted by molar-refractivity contribution is 5.92. The quantitative estimate of drug-likeness (QED) is 0.761. The fraction of sp³-hybridized carbons (Fsp3) is 0.154. The molecule has 0 aliphatic carbocycles. The predicted octanol–water partition coefficient (Wildman–Crippen LogP) is 0.820. The van der Waals surface area contributed by atoms with Crippen molar-refractivity contribution in [3.63, 3.8) is 0 Å². The van der Waals surface area contributed by atoms with Crippen molar-refractivity contribution in [2.45, 2.75) is 6.54 Å². The monoisotopic (exact) mass is 284 g/mol. The van der Waals surface area contributed by atoms with Crippen molar-refractivity contribution in [2.75, 3.05) is 0 Å². The van der Waals surface area contributed by atoms with Gasteiger partial charge in [-0.2, -0.15) is 0 Å². The summed E-state index contributed by atoms with van der Waals surface area (Å²) in [6.45, 7) is 0.384. The lowest BCUT2D eigenvalue weighted by Gasteiger charge is -2.07. The van der Waals surface area contributed by atoms with E-state index >= 15 is 0 Å². The van der Waals surface area contributed by atoms with E-state index in [0.717, 1.165) is 5.56 Å². The van der Waals surface area contributed by atoms with Crippen LogP contribution in [-0.4, -0.2) is 40.6 Å². The summed E-state index contributed by atoms with van der Waals surface area (Å²) in [6, 6.07) is 3.70. The summed E-state index contributed by atoms with van der Waals surface area (Å²) < 4.78 is 3.27. The van der Waals surface area contributed by atoms with Gasteiger partial charge in [-0.3, -0.25) is 4.98 Å². The van der Waals surface area contributed by atoms with Crippen LogP contribution in [0.4, 0.5) is 0 Å². The number of hydrogen-bond acceptors (Lipinski definition) is 5. The first-order valence-electron chi connectivity index (χ1n) is 6.19. The van der Waals surface area contributed by atoms with Gasteiger partial charge in [-0.1, -0.05) is 11.3 Å². The van der Waals surface area contributed by atoms with Gasteiger partial charge in [-0.05, 0) is 11.6 Å². The van der Waals surface area contributed by atoms with E-state index in [1.165, 1.54) is 4.68 Å². The molecule has 0 spiro atoms. The number of rotatable bonds is 4. The molecular weight excluding hydrogens is 272 g/mol. The summed E-state index contributed by atoms with van der Waals surface area (Å²) in [7, 11) is 1.79. The van der Waals surface area contributed by atoms with Crippen LogP contribution in [0.2, 0.25) is 0 Å². The van der Waals surface area contributed by atoms with Crippen LogP contribution in [0.1, 0.15) is 16.1 Å². The number of carboxylic acid groups (broad SMARTS) is 1. The maximum atomic E-state index is 11.3. The maximum Gasteiger partial charge on any atom is 0.358 e. The van der Waals surface area contributed by atoms with Crippen molar-refractivity contribution in [3.8, 4) is 11.4 Å². The van der Waals surface area contributed by atoms with Crippen LogP contribution in [0.5, 0.6) is 0 Å². The summed E-state index contributed by atoms with van der Waals surface area (Å²) >= 11 is 0. The summed E-state index contributed by atoms with van der Waals surface area (Å²) in [6.07, 6.45) is 6.57. The Bertz CT molecular complexity index is 777. The first-order valence-corrected chi connectivity index (χ1v) is 6.19. The normalized spacial score (nSPS) is 10.7.